The van der Waals surface area contributed by atoms with E-state index in [0.29, 0.717) is 22.9 Å². The number of esters is 1. The number of carbonyl (C=O) groups is 2. The van der Waals surface area contributed by atoms with Crippen molar-refractivity contribution >= 4 is 23.3 Å². The molecule has 0 atom stereocenters. The van der Waals surface area contributed by atoms with Crippen LogP contribution in [0.1, 0.15) is 23.6 Å². The number of hydrogen-bond donors (Lipinski definition) is 1. The highest BCUT2D eigenvalue weighted by Gasteiger charge is 2.14. The molecule has 29 heavy (non-hydrogen) atoms. The minimum atomic E-state index is -0.692. The fourth-order valence-corrected chi connectivity index (χ4v) is 2.56. The number of nitrogens with one attached hydrogen (secondary N) is 1. The molecule has 1 aliphatic heterocycles. The molecular formula is C21H22N2O6. The van der Waals surface area contributed by atoms with Gasteiger partial charge in [-0.05, 0) is 62.2 Å². The van der Waals surface area contributed by atoms with Gasteiger partial charge in [-0.1, -0.05) is 11.2 Å². The van der Waals surface area contributed by atoms with Gasteiger partial charge in [0.1, 0.15) is 0 Å². The second-order valence-corrected chi connectivity index (χ2v) is 6.53. The van der Waals surface area contributed by atoms with Crippen LogP contribution in [0.3, 0.4) is 0 Å². The summed E-state index contributed by atoms with van der Waals surface area (Å²) in [4.78, 5) is 28.7. The first kappa shape index (κ1) is 20.2. The van der Waals surface area contributed by atoms with Crippen LogP contribution in [0.25, 0.3) is 0 Å². The van der Waals surface area contributed by atoms with Crippen LogP contribution in [0.5, 0.6) is 11.5 Å². The fourth-order valence-electron chi connectivity index (χ4n) is 2.56. The Morgan fingerprint density at radius 3 is 2.62 bits per heavy atom. The summed E-state index contributed by atoms with van der Waals surface area (Å²) in [5, 5.41) is 6.57. The molecule has 0 aliphatic carbocycles. The zero-order chi connectivity index (χ0) is 20.8. The zero-order valence-corrected chi connectivity index (χ0v) is 16.5. The van der Waals surface area contributed by atoms with E-state index >= 15 is 0 Å². The highest BCUT2D eigenvalue weighted by atomic mass is 16.7. The molecule has 8 nitrogen and oxygen atoms in total. The lowest BCUT2D eigenvalue weighted by atomic mass is 10.1. The van der Waals surface area contributed by atoms with E-state index in [0.717, 1.165) is 16.7 Å². The van der Waals surface area contributed by atoms with Gasteiger partial charge < -0.3 is 24.4 Å². The molecule has 0 saturated heterocycles. The average molecular weight is 398 g/mol. The summed E-state index contributed by atoms with van der Waals surface area (Å²) in [5.74, 6) is 0.181. The number of amides is 1. The second-order valence-electron chi connectivity index (χ2n) is 6.53. The van der Waals surface area contributed by atoms with Crippen LogP contribution in [-0.2, 0) is 19.2 Å². The predicted octanol–water partition coefficient (Wildman–Crippen LogP) is 2.95. The topological polar surface area (TPSA) is 95.5 Å². The summed E-state index contributed by atoms with van der Waals surface area (Å²) in [6.07, 6.45) is 0. The van der Waals surface area contributed by atoms with Crippen molar-refractivity contribution in [2.75, 3.05) is 25.3 Å². The van der Waals surface area contributed by atoms with Gasteiger partial charge in [0.15, 0.2) is 18.1 Å². The number of fused-ring (bicyclic) bond motifs is 1. The molecule has 152 valence electrons. The van der Waals surface area contributed by atoms with Gasteiger partial charge in [-0.2, -0.15) is 0 Å². The molecule has 1 N–H and O–H groups in total. The summed E-state index contributed by atoms with van der Waals surface area (Å²) in [7, 11) is 0. The lowest BCUT2D eigenvalue weighted by Crippen LogP contribution is -2.22. The van der Waals surface area contributed by atoms with Gasteiger partial charge in [0.25, 0.3) is 5.91 Å². The Labute approximate surface area is 168 Å². The van der Waals surface area contributed by atoms with E-state index in [1.165, 1.54) is 0 Å². The molecule has 2 aromatic carbocycles. The first-order valence-electron chi connectivity index (χ1n) is 9.01. The number of anilines is 1. The molecule has 3 rings (SSSR count). The SMILES string of the molecule is C/C(=N/OCC(=O)OCC(=O)Nc1ccc(C)c(C)c1)c1ccc2c(c1)OCO2. The van der Waals surface area contributed by atoms with E-state index in [9.17, 15) is 9.59 Å². The van der Waals surface area contributed by atoms with Crippen LogP contribution in [0.4, 0.5) is 5.69 Å². The van der Waals surface area contributed by atoms with E-state index in [4.69, 9.17) is 19.0 Å². The highest BCUT2D eigenvalue weighted by molar-refractivity contribution is 5.99. The van der Waals surface area contributed by atoms with Crippen molar-refractivity contribution in [2.24, 2.45) is 5.16 Å². The van der Waals surface area contributed by atoms with Crippen LogP contribution in [0.15, 0.2) is 41.6 Å². The van der Waals surface area contributed by atoms with Gasteiger partial charge in [-0.25, -0.2) is 4.79 Å². The van der Waals surface area contributed by atoms with E-state index in [-0.39, 0.29) is 6.79 Å². The Hall–Kier alpha value is -3.55. The van der Waals surface area contributed by atoms with Gasteiger partial charge in [0, 0.05) is 11.3 Å². The first-order valence-corrected chi connectivity index (χ1v) is 9.01. The summed E-state index contributed by atoms with van der Waals surface area (Å²) in [6, 6.07) is 10.9. The van der Waals surface area contributed by atoms with E-state index < -0.39 is 25.1 Å². The fraction of sp³-hybridized carbons (Fsp3) is 0.286. The number of benzene rings is 2. The number of nitrogens with zero attached hydrogens (tertiary/aromatic N) is 1. The van der Waals surface area contributed by atoms with Crippen molar-refractivity contribution in [3.63, 3.8) is 0 Å². The smallest absolute Gasteiger partial charge is 0.347 e. The number of aryl methyl sites for hydroxylation is 2. The lowest BCUT2D eigenvalue weighted by molar-refractivity contribution is -0.151. The summed E-state index contributed by atoms with van der Waals surface area (Å²) < 4.78 is 15.5. The second kappa shape index (κ2) is 9.09. The lowest BCUT2D eigenvalue weighted by Gasteiger charge is -2.08. The molecule has 1 aliphatic rings. The Balaban J connectivity index is 1.41. The van der Waals surface area contributed by atoms with Crippen LogP contribution in [0, 0.1) is 13.8 Å². The molecule has 1 heterocycles. The van der Waals surface area contributed by atoms with Crippen LogP contribution in [-0.4, -0.2) is 37.6 Å². The molecular weight excluding hydrogens is 376 g/mol. The van der Waals surface area contributed by atoms with Gasteiger partial charge >= 0.3 is 5.97 Å². The molecule has 2 aromatic rings. The molecule has 0 bridgehead atoms. The summed E-state index contributed by atoms with van der Waals surface area (Å²) >= 11 is 0. The normalized spacial score (nSPS) is 12.4. The van der Waals surface area contributed by atoms with Crippen molar-refractivity contribution in [2.45, 2.75) is 20.8 Å². The van der Waals surface area contributed by atoms with Gasteiger partial charge in [-0.15, -0.1) is 0 Å². The van der Waals surface area contributed by atoms with Crippen molar-refractivity contribution in [1.82, 2.24) is 0 Å². The molecule has 0 fully saturated rings. The highest BCUT2D eigenvalue weighted by Crippen LogP contribution is 2.32. The molecule has 1 amide bonds. The van der Waals surface area contributed by atoms with Crippen LogP contribution >= 0.6 is 0 Å². The van der Waals surface area contributed by atoms with Crippen molar-refractivity contribution in [3.8, 4) is 11.5 Å². The monoisotopic (exact) mass is 398 g/mol. The Morgan fingerprint density at radius 2 is 1.83 bits per heavy atom. The van der Waals surface area contributed by atoms with Crippen molar-refractivity contribution in [1.29, 1.82) is 0 Å². The third-order valence-electron chi connectivity index (χ3n) is 4.33. The Morgan fingerprint density at radius 1 is 1.03 bits per heavy atom. The number of oxime groups is 1. The number of carbonyl (C=O) groups excluding carboxylic acids is 2. The molecule has 0 aromatic heterocycles. The maximum Gasteiger partial charge on any atom is 0.347 e. The number of hydrogen-bond acceptors (Lipinski definition) is 7. The molecule has 0 saturated carbocycles. The zero-order valence-electron chi connectivity index (χ0n) is 16.5. The van der Waals surface area contributed by atoms with E-state index in [1.54, 1.807) is 25.1 Å². The summed E-state index contributed by atoms with van der Waals surface area (Å²) in [6.45, 7) is 5.06. The summed E-state index contributed by atoms with van der Waals surface area (Å²) in [5.41, 5.74) is 4.17. The quantitative estimate of drug-likeness (QED) is 0.438. The minimum Gasteiger partial charge on any atom is -0.454 e. The number of rotatable bonds is 7. The molecule has 8 heteroatoms. The minimum absolute atomic E-state index is 0.189. The average Bonchev–Trinajstić information content (AvgIpc) is 3.17. The van der Waals surface area contributed by atoms with Crippen LogP contribution in [0.2, 0.25) is 0 Å². The van der Waals surface area contributed by atoms with Gasteiger partial charge in [0.05, 0.1) is 5.71 Å². The third-order valence-corrected chi connectivity index (χ3v) is 4.33. The largest absolute Gasteiger partial charge is 0.454 e. The van der Waals surface area contributed by atoms with Crippen LogP contribution < -0.4 is 14.8 Å². The standard InChI is InChI=1S/C21H22N2O6/c1-13-4-6-17(8-14(13)2)22-20(24)10-26-21(25)11-29-23-15(3)16-5-7-18-19(9-16)28-12-27-18/h4-9H,10-12H2,1-3H3,(H,22,24)/b23-15-. The molecule has 0 spiro atoms. The van der Waals surface area contributed by atoms with E-state index in [2.05, 4.69) is 10.5 Å². The van der Waals surface area contributed by atoms with Crippen molar-refractivity contribution in [3.05, 3.63) is 53.1 Å². The van der Waals surface area contributed by atoms with Crippen molar-refractivity contribution < 1.29 is 28.6 Å². The first-order chi connectivity index (χ1) is 13.9. The maximum atomic E-state index is 11.9. The Bertz CT molecular complexity index is 954. The molecule has 0 radical (unpaired) electrons. The maximum absolute atomic E-state index is 11.9. The van der Waals surface area contributed by atoms with E-state index in [1.807, 2.05) is 32.0 Å². The third kappa shape index (κ3) is 5.47. The molecule has 0 unspecified atom stereocenters. The Kier molecular flexibility index (Phi) is 6.33. The number of ether oxygens (including phenoxy) is 3. The predicted molar refractivity (Wildman–Crippen MR) is 106 cm³/mol. The van der Waals surface area contributed by atoms with Gasteiger partial charge in [0.2, 0.25) is 13.4 Å². The van der Waals surface area contributed by atoms with Gasteiger partial charge in [-0.3, -0.25) is 4.79 Å².